The minimum Gasteiger partial charge on any atom is -0.457 e. The van der Waals surface area contributed by atoms with E-state index in [9.17, 15) is 39.9 Å². The highest BCUT2D eigenvalue weighted by molar-refractivity contribution is 6.09. The molecule has 147 heavy (non-hydrogen) atoms. The van der Waals surface area contributed by atoms with Gasteiger partial charge in [-0.1, -0.05) is 164 Å². The van der Waals surface area contributed by atoms with Gasteiger partial charge in [-0.25, -0.2) is 35.1 Å². The molecular weight excluding hydrogens is 1870 g/mol. The van der Waals surface area contributed by atoms with E-state index in [0.717, 1.165) is 69.8 Å². The summed E-state index contributed by atoms with van der Waals surface area (Å²) < 4.78 is 127. The molecule has 0 unspecified atom stereocenters. The number of rotatable bonds is 33. The highest BCUT2D eigenvalue weighted by Crippen LogP contribution is 2.36. The number of aromatic nitrogens is 12. The number of halogens is 8. The van der Waals surface area contributed by atoms with E-state index in [1.54, 1.807) is 156 Å². The van der Waals surface area contributed by atoms with E-state index >= 15 is 0 Å². The Bertz CT molecular complexity index is 7890. The first kappa shape index (κ1) is 101. The molecule has 0 aliphatic heterocycles. The summed E-state index contributed by atoms with van der Waals surface area (Å²) >= 11 is 0. The minimum atomic E-state index is -0.729. The Balaban J connectivity index is 0.000000140. The van der Waals surface area contributed by atoms with Gasteiger partial charge >= 0.3 is 0 Å². The van der Waals surface area contributed by atoms with Crippen molar-refractivity contribution in [2.75, 3.05) is 14.7 Å². The number of ketones is 1. The summed E-state index contributed by atoms with van der Waals surface area (Å²) in [7, 11) is 0. The lowest BCUT2D eigenvalue weighted by atomic mass is 10.0. The van der Waals surface area contributed by atoms with Crippen LogP contribution in [0.1, 0.15) is 117 Å². The second kappa shape index (κ2) is 49.1. The normalized spacial score (nSPS) is 10.7. The monoisotopic (exact) mass is 1960 g/mol. The van der Waals surface area contributed by atoms with Crippen LogP contribution in [0.5, 0.6) is 11.5 Å². The average molecular weight is 1960 g/mol. The molecule has 0 fully saturated rings. The standard InChI is InChI=1S/C31H25F2N5.C30H21F2N5O.C29H21F2N5O.C26H20F2N6/c32-28-13-12-27(30(33)17-28)20-37(29-14-10-24(11-15-29)16-23-4-2-1-3-5-23)21-31-36-35-22-38(31)19-26-8-6-25(18-34)7-9-26;31-25-12-15-28(27(32)16-25)37(26-13-10-24(11-14-26)30(38)23-4-2-1-3-5-23)19-29-35-34-20-36(29)18-22-8-6-21(17-33)7-9-22;30-23-10-15-28(27(31)16-23)36(24-11-13-26(14-12-24)37-25-4-2-1-3-5-25)19-29-34-33-20-35(29)18-22-8-6-21(17-32)7-9-22;27-24-10-9-23(25(28)11-24)16-33(14-21-5-1-19(12-29)2-6-21)17-26-32-31-18-34(26)15-22-7-3-20(13-30)4-8-22/h1-15,17,22H,16,19-21H2;1-16,20H,18-19H2;1-16,20H,18-19H2;1-11,18H,14-17H2. The summed E-state index contributed by atoms with van der Waals surface area (Å²) in [4.78, 5) is 20.2. The van der Waals surface area contributed by atoms with Gasteiger partial charge in [0.05, 0.1) is 122 Å². The first-order valence-corrected chi connectivity index (χ1v) is 46.1. The number of hydrogen-bond acceptors (Lipinski definition) is 19. The molecule has 0 aliphatic carbocycles. The number of benzene rings is 15. The van der Waals surface area contributed by atoms with E-state index in [-0.39, 0.29) is 43.3 Å². The van der Waals surface area contributed by atoms with Crippen molar-refractivity contribution in [3.8, 4) is 41.8 Å². The van der Waals surface area contributed by atoms with Crippen LogP contribution in [-0.4, -0.2) is 69.7 Å². The van der Waals surface area contributed by atoms with Crippen LogP contribution >= 0.6 is 0 Å². The minimum absolute atomic E-state index is 0.126. The predicted octanol–water partition coefficient (Wildman–Crippen LogP) is 23.5. The van der Waals surface area contributed by atoms with E-state index < -0.39 is 46.5 Å². The zero-order valence-corrected chi connectivity index (χ0v) is 78.6. The fraction of sp³-hybridized carbons (Fsp3) is 0.103. The molecular formula is C116H87F8N21O2. The maximum Gasteiger partial charge on any atom is 0.193 e. The summed E-state index contributed by atoms with van der Waals surface area (Å²) in [5.74, 6) is -1.48. The van der Waals surface area contributed by atoms with Gasteiger partial charge in [0.1, 0.15) is 89.2 Å². The van der Waals surface area contributed by atoms with E-state index in [2.05, 4.69) is 95.4 Å². The van der Waals surface area contributed by atoms with Crippen LogP contribution < -0.4 is 19.4 Å². The Kier molecular flexibility index (Phi) is 33.6. The summed E-state index contributed by atoms with van der Waals surface area (Å²) in [5.41, 5.74) is 14.4. The van der Waals surface area contributed by atoms with Crippen LogP contribution in [0.3, 0.4) is 0 Å². The van der Waals surface area contributed by atoms with Crippen molar-refractivity contribution in [3.05, 3.63) is 542 Å². The van der Waals surface area contributed by atoms with Crippen LogP contribution in [0, 0.1) is 103 Å². The van der Waals surface area contributed by atoms with Gasteiger partial charge in [0, 0.05) is 83.2 Å². The molecule has 0 amide bonds. The van der Waals surface area contributed by atoms with E-state index in [1.165, 1.54) is 54.1 Å². The van der Waals surface area contributed by atoms with Gasteiger partial charge in [0.2, 0.25) is 0 Å². The van der Waals surface area contributed by atoms with Gasteiger partial charge in [-0.15, -0.1) is 40.8 Å². The molecule has 0 radical (unpaired) electrons. The number of carbonyl (C=O) groups is 1. The van der Waals surface area contributed by atoms with Crippen molar-refractivity contribution in [1.29, 1.82) is 26.3 Å². The van der Waals surface area contributed by atoms with Gasteiger partial charge in [0.15, 0.2) is 23.3 Å². The number of ether oxygens (including phenoxy) is 1. The van der Waals surface area contributed by atoms with E-state index in [0.29, 0.717) is 142 Å². The summed E-state index contributed by atoms with van der Waals surface area (Å²) in [6.45, 7) is 3.93. The fourth-order valence-electron chi connectivity index (χ4n) is 16.0. The molecule has 19 rings (SSSR count). The third-order valence-electron chi connectivity index (χ3n) is 23.7. The first-order valence-electron chi connectivity index (χ1n) is 46.1. The molecule has 0 atom stereocenters. The highest BCUT2D eigenvalue weighted by Gasteiger charge is 2.25. The molecule has 0 N–H and O–H groups in total. The molecule has 23 nitrogen and oxygen atoms in total. The molecule has 19 aromatic rings. The van der Waals surface area contributed by atoms with Crippen LogP contribution in [0.15, 0.2) is 383 Å². The van der Waals surface area contributed by atoms with Crippen LogP contribution in [0.2, 0.25) is 0 Å². The predicted molar refractivity (Wildman–Crippen MR) is 537 cm³/mol. The SMILES string of the molecule is N#Cc1ccc(CN(Cc2ccc(F)cc2F)Cc2nncn2Cc2ccc(C#N)cc2)cc1.N#Cc1ccc(Cn2cnnc2CN(Cc2ccc(F)cc2F)c2ccc(Cc3ccccc3)cc2)cc1.N#Cc1ccc(Cn2cnnc2CN(c2ccc(C(=O)c3ccccc3)cc2)c2ccc(F)cc2F)cc1.N#Cc1ccc(Cn2cnnc2CN(c2ccc(Oc3ccccc3)cc2)c2ccc(F)cc2F)cc1. The van der Waals surface area contributed by atoms with Crippen molar-refractivity contribution < 1.29 is 44.7 Å². The van der Waals surface area contributed by atoms with Crippen molar-refractivity contribution in [2.45, 2.75) is 78.4 Å². The highest BCUT2D eigenvalue weighted by atomic mass is 19.2. The maximum atomic E-state index is 15.0. The Hall–Kier alpha value is -19.4. The van der Waals surface area contributed by atoms with E-state index in [1.807, 2.05) is 168 Å². The van der Waals surface area contributed by atoms with Crippen molar-refractivity contribution in [1.82, 2.24) is 64.0 Å². The molecule has 4 aromatic heterocycles. The lowest BCUT2D eigenvalue weighted by Crippen LogP contribution is -2.25. The molecule has 4 heterocycles. The largest absolute Gasteiger partial charge is 0.457 e. The van der Waals surface area contributed by atoms with Crippen molar-refractivity contribution >= 4 is 34.2 Å². The fourth-order valence-corrected chi connectivity index (χ4v) is 16.0. The Morgan fingerprint density at radius 2 is 0.592 bits per heavy atom. The van der Waals surface area contributed by atoms with Crippen LogP contribution in [-0.2, 0) is 78.4 Å². The third kappa shape index (κ3) is 27.6. The number of nitrogens with zero attached hydrogens (tertiary/aromatic N) is 21. The van der Waals surface area contributed by atoms with Gasteiger partial charge in [-0.2, -0.15) is 26.3 Å². The maximum absolute atomic E-state index is 15.0. The van der Waals surface area contributed by atoms with Crippen LogP contribution in [0.25, 0.3) is 0 Å². The Labute approximate surface area is 841 Å². The van der Waals surface area contributed by atoms with Gasteiger partial charge in [-0.3, -0.25) is 9.69 Å². The number of carbonyl (C=O) groups excluding carboxylic acids is 1. The van der Waals surface area contributed by atoms with Crippen molar-refractivity contribution in [2.24, 2.45) is 0 Å². The van der Waals surface area contributed by atoms with Crippen molar-refractivity contribution in [3.63, 3.8) is 0 Å². The second-order valence-electron chi connectivity index (χ2n) is 33.9. The Morgan fingerprint density at radius 1 is 0.279 bits per heavy atom. The topological polar surface area (TPSA) is 281 Å². The number of para-hydroxylation sites is 1. The van der Waals surface area contributed by atoms with Gasteiger partial charge in [-0.05, 0) is 215 Å². The smallest absolute Gasteiger partial charge is 0.193 e. The lowest BCUT2D eigenvalue weighted by Gasteiger charge is -2.25. The summed E-state index contributed by atoms with van der Waals surface area (Å²) in [6, 6.07) is 112. The Morgan fingerprint density at radius 3 is 0.980 bits per heavy atom. The molecule has 0 spiro atoms. The number of hydrogen-bond donors (Lipinski definition) is 0. The molecule has 0 saturated carbocycles. The molecule has 724 valence electrons. The summed E-state index contributed by atoms with van der Waals surface area (Å²) in [6.07, 6.45) is 7.28. The molecule has 0 saturated heterocycles. The lowest BCUT2D eigenvalue weighted by molar-refractivity contribution is 0.103. The van der Waals surface area contributed by atoms with E-state index in [4.69, 9.17) is 31.0 Å². The first-order chi connectivity index (χ1) is 71.7. The average Bonchev–Trinajstić information content (AvgIpc) is 1.79. The molecule has 15 aromatic carbocycles. The van der Waals surface area contributed by atoms with Gasteiger partial charge < -0.3 is 37.7 Å². The quantitative estimate of drug-likeness (QED) is 0.0273. The second-order valence-corrected chi connectivity index (χ2v) is 33.9. The number of nitriles is 5. The van der Waals surface area contributed by atoms with Crippen LogP contribution in [0.4, 0.5) is 63.6 Å². The molecule has 0 aliphatic rings. The van der Waals surface area contributed by atoms with Gasteiger partial charge in [0.25, 0.3) is 0 Å². The molecule has 31 heteroatoms. The zero-order valence-electron chi connectivity index (χ0n) is 78.6. The summed E-state index contributed by atoms with van der Waals surface area (Å²) in [5, 5.41) is 78.5. The third-order valence-corrected chi connectivity index (χ3v) is 23.7. The molecule has 0 bridgehead atoms. The number of anilines is 5. The zero-order chi connectivity index (χ0) is 102.